The predicted octanol–water partition coefficient (Wildman–Crippen LogP) is 2.68. The number of aromatic carboxylic acids is 1. The molecule has 0 spiro atoms. The minimum atomic E-state index is -0.882. The molecule has 0 fully saturated rings. The van der Waals surface area contributed by atoms with Gasteiger partial charge in [-0.2, -0.15) is 0 Å². The van der Waals surface area contributed by atoms with E-state index in [4.69, 9.17) is 9.52 Å². The molecule has 4 nitrogen and oxygen atoms in total. The van der Waals surface area contributed by atoms with Crippen LogP contribution in [0.1, 0.15) is 15.2 Å². The molecule has 0 aromatic carbocycles. The van der Waals surface area contributed by atoms with Crippen LogP contribution in [0, 0.1) is 0 Å². The van der Waals surface area contributed by atoms with Crippen molar-refractivity contribution < 1.29 is 14.3 Å². The fourth-order valence-corrected chi connectivity index (χ4v) is 2.19. The van der Waals surface area contributed by atoms with Crippen molar-refractivity contribution in [3.8, 4) is 0 Å². The number of furan rings is 1. The van der Waals surface area contributed by atoms with Gasteiger partial charge in [0.15, 0.2) is 0 Å². The molecule has 1 N–H and O–H groups in total. The Kier molecular flexibility index (Phi) is 2.96. The summed E-state index contributed by atoms with van der Waals surface area (Å²) < 4.78 is 4.98. The van der Waals surface area contributed by atoms with Crippen LogP contribution in [-0.2, 0) is 6.54 Å². The van der Waals surface area contributed by atoms with Crippen LogP contribution in [0.15, 0.2) is 35.1 Å². The second-order valence-corrected chi connectivity index (χ2v) is 4.49. The van der Waals surface area contributed by atoms with Crippen LogP contribution >= 0.6 is 11.3 Å². The van der Waals surface area contributed by atoms with Crippen LogP contribution in [0.25, 0.3) is 0 Å². The normalized spacial score (nSPS) is 10.3. The minimum absolute atomic E-state index is 0.356. The molecule has 0 saturated heterocycles. The van der Waals surface area contributed by atoms with Crippen LogP contribution in [0.5, 0.6) is 0 Å². The van der Waals surface area contributed by atoms with Crippen molar-refractivity contribution >= 4 is 22.3 Å². The summed E-state index contributed by atoms with van der Waals surface area (Å²) >= 11 is 1.27. The standard InChI is InChI=1S/C11H11NO3S/c1-12(6-8-4-5-15-7-8)10-3-2-9(16-10)11(13)14/h2-5,7H,6H2,1H3,(H,13,14). The molecule has 84 valence electrons. The summed E-state index contributed by atoms with van der Waals surface area (Å²) in [5.41, 5.74) is 1.06. The van der Waals surface area contributed by atoms with E-state index in [1.807, 2.05) is 24.1 Å². The predicted molar refractivity (Wildman–Crippen MR) is 62.1 cm³/mol. The van der Waals surface area contributed by atoms with E-state index in [-0.39, 0.29) is 0 Å². The van der Waals surface area contributed by atoms with Gasteiger partial charge in [-0.15, -0.1) is 11.3 Å². The number of rotatable bonds is 4. The highest BCUT2D eigenvalue weighted by Gasteiger charge is 2.10. The number of carboxylic acids is 1. The highest BCUT2D eigenvalue weighted by Crippen LogP contribution is 2.26. The highest BCUT2D eigenvalue weighted by molar-refractivity contribution is 7.17. The van der Waals surface area contributed by atoms with Gasteiger partial charge in [-0.3, -0.25) is 0 Å². The van der Waals surface area contributed by atoms with Gasteiger partial charge >= 0.3 is 5.97 Å². The third-order valence-electron chi connectivity index (χ3n) is 2.18. The Morgan fingerprint density at radius 2 is 2.31 bits per heavy atom. The third-order valence-corrected chi connectivity index (χ3v) is 3.37. The second kappa shape index (κ2) is 4.40. The minimum Gasteiger partial charge on any atom is -0.477 e. The molecule has 0 radical (unpaired) electrons. The van der Waals surface area contributed by atoms with E-state index in [9.17, 15) is 4.79 Å². The van der Waals surface area contributed by atoms with Gasteiger partial charge in [0.2, 0.25) is 0 Å². The second-order valence-electron chi connectivity index (χ2n) is 3.43. The van der Waals surface area contributed by atoms with Gasteiger partial charge in [0.05, 0.1) is 17.5 Å². The molecule has 16 heavy (non-hydrogen) atoms. The van der Waals surface area contributed by atoms with Gasteiger partial charge in [-0.25, -0.2) is 4.79 Å². The van der Waals surface area contributed by atoms with Crippen LogP contribution in [0.4, 0.5) is 5.00 Å². The van der Waals surface area contributed by atoms with E-state index >= 15 is 0 Å². The summed E-state index contributed by atoms with van der Waals surface area (Å²) in [7, 11) is 1.92. The smallest absolute Gasteiger partial charge is 0.345 e. The van der Waals surface area contributed by atoms with Gasteiger partial charge in [0.25, 0.3) is 0 Å². The molecule has 0 aliphatic carbocycles. The molecule has 0 unspecified atom stereocenters. The lowest BCUT2D eigenvalue weighted by atomic mass is 10.3. The zero-order chi connectivity index (χ0) is 11.5. The van der Waals surface area contributed by atoms with Crippen molar-refractivity contribution in [3.63, 3.8) is 0 Å². The molecule has 2 aromatic heterocycles. The van der Waals surface area contributed by atoms with Crippen LogP contribution in [0.2, 0.25) is 0 Å². The summed E-state index contributed by atoms with van der Waals surface area (Å²) in [6.45, 7) is 0.704. The lowest BCUT2D eigenvalue weighted by molar-refractivity contribution is 0.0702. The lowest BCUT2D eigenvalue weighted by Crippen LogP contribution is -2.14. The van der Waals surface area contributed by atoms with Crippen LogP contribution < -0.4 is 4.90 Å². The number of carboxylic acid groups (broad SMARTS) is 1. The summed E-state index contributed by atoms with van der Waals surface area (Å²) in [5.74, 6) is -0.882. The van der Waals surface area contributed by atoms with E-state index in [0.29, 0.717) is 11.4 Å². The lowest BCUT2D eigenvalue weighted by Gasteiger charge is -2.15. The van der Waals surface area contributed by atoms with E-state index in [1.165, 1.54) is 11.3 Å². The quantitative estimate of drug-likeness (QED) is 0.888. The first-order chi connectivity index (χ1) is 7.66. The molecule has 2 aromatic rings. The number of hydrogen-bond acceptors (Lipinski definition) is 4. The molecule has 2 rings (SSSR count). The number of thiophene rings is 1. The number of anilines is 1. The molecule has 0 aliphatic heterocycles. The van der Waals surface area contributed by atoms with Gasteiger partial charge in [-0.05, 0) is 18.2 Å². The largest absolute Gasteiger partial charge is 0.477 e. The van der Waals surface area contributed by atoms with Crippen molar-refractivity contribution in [2.75, 3.05) is 11.9 Å². The summed E-state index contributed by atoms with van der Waals surface area (Å²) in [6, 6.07) is 5.32. The fourth-order valence-electron chi connectivity index (χ4n) is 1.38. The Hall–Kier alpha value is -1.75. The Balaban J connectivity index is 2.08. The Labute approximate surface area is 96.7 Å². The van der Waals surface area contributed by atoms with Gasteiger partial charge < -0.3 is 14.4 Å². The number of nitrogens with zero attached hydrogens (tertiary/aromatic N) is 1. The van der Waals surface area contributed by atoms with Crippen molar-refractivity contribution in [3.05, 3.63) is 41.2 Å². The molecule has 0 amide bonds. The van der Waals surface area contributed by atoms with E-state index in [1.54, 1.807) is 18.6 Å². The first kappa shape index (κ1) is 10.8. The highest BCUT2D eigenvalue weighted by atomic mass is 32.1. The van der Waals surface area contributed by atoms with Crippen molar-refractivity contribution in [1.82, 2.24) is 0 Å². The third kappa shape index (κ3) is 2.25. The topological polar surface area (TPSA) is 53.7 Å². The zero-order valence-corrected chi connectivity index (χ0v) is 9.53. The van der Waals surface area contributed by atoms with E-state index in [2.05, 4.69) is 0 Å². The first-order valence-corrected chi connectivity index (χ1v) is 5.54. The van der Waals surface area contributed by atoms with Gasteiger partial charge in [-0.1, -0.05) is 0 Å². The Bertz CT molecular complexity index is 475. The van der Waals surface area contributed by atoms with Crippen LogP contribution in [-0.4, -0.2) is 18.1 Å². The number of hydrogen-bond donors (Lipinski definition) is 1. The first-order valence-electron chi connectivity index (χ1n) is 4.72. The average Bonchev–Trinajstić information content (AvgIpc) is 2.86. The SMILES string of the molecule is CN(Cc1ccoc1)c1ccc(C(=O)O)s1. The monoisotopic (exact) mass is 237 g/mol. The maximum absolute atomic E-state index is 10.7. The molecule has 0 atom stereocenters. The zero-order valence-electron chi connectivity index (χ0n) is 8.71. The van der Waals surface area contributed by atoms with E-state index in [0.717, 1.165) is 10.6 Å². The summed E-state index contributed by atoms with van der Waals surface area (Å²) in [4.78, 5) is 13.1. The van der Waals surface area contributed by atoms with Crippen molar-refractivity contribution in [1.29, 1.82) is 0 Å². The molecule has 0 saturated carbocycles. The number of carbonyl (C=O) groups is 1. The molecule has 2 heterocycles. The maximum Gasteiger partial charge on any atom is 0.345 e. The molecule has 0 bridgehead atoms. The summed E-state index contributed by atoms with van der Waals surface area (Å²) in [6.07, 6.45) is 3.31. The molecule has 5 heteroatoms. The summed E-state index contributed by atoms with van der Waals surface area (Å²) in [5, 5.41) is 9.74. The molecular weight excluding hydrogens is 226 g/mol. The fraction of sp³-hybridized carbons (Fsp3) is 0.182. The van der Waals surface area contributed by atoms with Crippen molar-refractivity contribution in [2.45, 2.75) is 6.54 Å². The Morgan fingerprint density at radius 1 is 1.50 bits per heavy atom. The van der Waals surface area contributed by atoms with Crippen LogP contribution in [0.3, 0.4) is 0 Å². The van der Waals surface area contributed by atoms with Gasteiger partial charge in [0, 0.05) is 19.2 Å². The molecular formula is C11H11NO3S. The van der Waals surface area contributed by atoms with Gasteiger partial charge in [0.1, 0.15) is 4.88 Å². The Morgan fingerprint density at radius 3 is 2.88 bits per heavy atom. The average molecular weight is 237 g/mol. The molecule has 0 aliphatic rings. The maximum atomic E-state index is 10.7. The van der Waals surface area contributed by atoms with E-state index < -0.39 is 5.97 Å². The van der Waals surface area contributed by atoms with Crippen molar-refractivity contribution in [2.24, 2.45) is 0 Å².